The van der Waals surface area contributed by atoms with Gasteiger partial charge in [0, 0.05) is 13.1 Å². The van der Waals surface area contributed by atoms with E-state index in [4.69, 9.17) is 9.47 Å². The number of likely N-dealkylation sites (tertiary alicyclic amines) is 1. The topological polar surface area (TPSA) is 67.9 Å². The molecule has 102 valence electrons. The highest BCUT2D eigenvalue weighted by Crippen LogP contribution is 2.21. The molecule has 0 bridgehead atoms. The van der Waals surface area contributed by atoms with Crippen LogP contribution in [0.15, 0.2) is 0 Å². The quantitative estimate of drug-likeness (QED) is 0.713. The van der Waals surface area contributed by atoms with Crippen molar-refractivity contribution in [2.24, 2.45) is 0 Å². The maximum absolute atomic E-state index is 12.0. The lowest BCUT2D eigenvalue weighted by Gasteiger charge is -2.27. The average molecular weight is 256 g/mol. The summed E-state index contributed by atoms with van der Waals surface area (Å²) in [6.45, 7) is 6.61. The Bertz CT molecular complexity index is 350. The lowest BCUT2D eigenvalue weighted by molar-refractivity contribution is 0.0244. The molecule has 2 heterocycles. The Balaban J connectivity index is 1.98. The van der Waals surface area contributed by atoms with Crippen LogP contribution in [0.4, 0.5) is 9.59 Å². The molecule has 0 radical (unpaired) electrons. The molecule has 0 aromatic heterocycles. The summed E-state index contributed by atoms with van der Waals surface area (Å²) < 4.78 is 10.5. The second-order valence-corrected chi connectivity index (χ2v) is 5.76. The van der Waals surface area contributed by atoms with Gasteiger partial charge in [0.15, 0.2) is 0 Å². The normalized spacial score (nSPS) is 27.9. The lowest BCUT2D eigenvalue weighted by Crippen LogP contribution is -2.45. The van der Waals surface area contributed by atoms with Crippen LogP contribution in [0.2, 0.25) is 0 Å². The smallest absolute Gasteiger partial charge is 0.410 e. The molecular formula is C12H20N2O4. The monoisotopic (exact) mass is 256 g/mol. The van der Waals surface area contributed by atoms with Crippen LogP contribution in [0.25, 0.3) is 0 Å². The molecule has 2 atom stereocenters. The Hall–Kier alpha value is -1.46. The molecule has 6 nitrogen and oxygen atoms in total. The molecule has 2 fully saturated rings. The number of ether oxygens (including phenoxy) is 2. The van der Waals surface area contributed by atoms with Gasteiger partial charge in [-0.2, -0.15) is 0 Å². The van der Waals surface area contributed by atoms with E-state index in [2.05, 4.69) is 5.32 Å². The highest BCUT2D eigenvalue weighted by molar-refractivity contribution is 5.71. The second-order valence-electron chi connectivity index (χ2n) is 5.76. The van der Waals surface area contributed by atoms with Gasteiger partial charge in [0.25, 0.3) is 0 Å². The van der Waals surface area contributed by atoms with E-state index >= 15 is 0 Å². The summed E-state index contributed by atoms with van der Waals surface area (Å²) in [4.78, 5) is 24.8. The van der Waals surface area contributed by atoms with Gasteiger partial charge in [-0.05, 0) is 33.6 Å². The Kier molecular flexibility index (Phi) is 3.36. The summed E-state index contributed by atoms with van der Waals surface area (Å²) in [6.07, 6.45) is 0.753. The molecule has 0 aromatic carbocycles. The number of fused-ring (bicyclic) bond motifs is 1. The third kappa shape index (κ3) is 3.05. The van der Waals surface area contributed by atoms with Gasteiger partial charge in [-0.1, -0.05) is 0 Å². The number of nitrogens with zero attached hydrogens (tertiary/aromatic N) is 1. The van der Waals surface area contributed by atoms with Crippen molar-refractivity contribution < 1.29 is 19.1 Å². The van der Waals surface area contributed by atoms with Crippen LogP contribution in [0.3, 0.4) is 0 Å². The predicted molar refractivity (Wildman–Crippen MR) is 64.2 cm³/mol. The summed E-state index contributed by atoms with van der Waals surface area (Å²) in [5.41, 5.74) is -0.502. The first-order chi connectivity index (χ1) is 8.35. The largest absolute Gasteiger partial charge is 0.444 e. The van der Waals surface area contributed by atoms with Crippen LogP contribution >= 0.6 is 0 Å². The molecule has 0 unspecified atom stereocenters. The maximum Gasteiger partial charge on any atom is 0.410 e. The van der Waals surface area contributed by atoms with Crippen LogP contribution in [-0.4, -0.2) is 47.9 Å². The zero-order chi connectivity index (χ0) is 13.3. The number of rotatable bonds is 0. The van der Waals surface area contributed by atoms with E-state index in [0.29, 0.717) is 13.1 Å². The number of nitrogens with one attached hydrogen (secondary N) is 1. The number of hydrogen-bond acceptors (Lipinski definition) is 4. The van der Waals surface area contributed by atoms with E-state index in [0.717, 1.165) is 12.8 Å². The fraction of sp³-hybridized carbons (Fsp3) is 0.833. The van der Waals surface area contributed by atoms with E-state index in [1.165, 1.54) is 0 Å². The molecule has 2 aliphatic heterocycles. The minimum Gasteiger partial charge on any atom is -0.444 e. The number of amides is 2. The fourth-order valence-corrected chi connectivity index (χ4v) is 2.23. The van der Waals surface area contributed by atoms with Crippen molar-refractivity contribution >= 4 is 12.2 Å². The van der Waals surface area contributed by atoms with Crippen molar-refractivity contribution in [2.75, 3.05) is 13.1 Å². The van der Waals surface area contributed by atoms with Gasteiger partial charge in [-0.3, -0.25) is 0 Å². The standard InChI is InChI=1S/C12H20N2O4/c1-12(2,3)18-11(16)14-6-4-5-9-8(7-14)13-10(15)17-9/h8-9H,4-7H2,1-3H3,(H,13,15)/t8-,9-/m1/s1. The molecule has 0 aromatic rings. The molecule has 0 spiro atoms. The molecule has 18 heavy (non-hydrogen) atoms. The summed E-state index contributed by atoms with van der Waals surface area (Å²) in [5, 5.41) is 2.73. The van der Waals surface area contributed by atoms with Gasteiger partial charge in [0.2, 0.25) is 0 Å². The van der Waals surface area contributed by atoms with Gasteiger partial charge >= 0.3 is 12.2 Å². The van der Waals surface area contributed by atoms with Crippen molar-refractivity contribution in [3.8, 4) is 0 Å². The van der Waals surface area contributed by atoms with Crippen LogP contribution in [-0.2, 0) is 9.47 Å². The van der Waals surface area contributed by atoms with Crippen molar-refractivity contribution in [1.82, 2.24) is 10.2 Å². The number of carbonyl (C=O) groups is 2. The molecule has 2 aliphatic rings. The Morgan fingerprint density at radius 1 is 1.50 bits per heavy atom. The van der Waals surface area contributed by atoms with Crippen molar-refractivity contribution in [2.45, 2.75) is 51.4 Å². The minimum atomic E-state index is -0.502. The molecule has 1 N–H and O–H groups in total. The Morgan fingerprint density at radius 2 is 2.22 bits per heavy atom. The van der Waals surface area contributed by atoms with Crippen LogP contribution in [0, 0.1) is 0 Å². The van der Waals surface area contributed by atoms with Gasteiger partial charge in [-0.25, -0.2) is 9.59 Å². The van der Waals surface area contributed by atoms with E-state index in [1.807, 2.05) is 20.8 Å². The molecule has 6 heteroatoms. The number of carbonyl (C=O) groups excluding carboxylic acids is 2. The zero-order valence-electron chi connectivity index (χ0n) is 11.1. The third-order valence-electron chi connectivity index (χ3n) is 3.00. The van der Waals surface area contributed by atoms with E-state index in [1.54, 1.807) is 4.90 Å². The highest BCUT2D eigenvalue weighted by atomic mass is 16.6. The number of alkyl carbamates (subject to hydrolysis) is 1. The molecular weight excluding hydrogens is 236 g/mol. The lowest BCUT2D eigenvalue weighted by atomic mass is 10.1. The van der Waals surface area contributed by atoms with Crippen LogP contribution in [0.5, 0.6) is 0 Å². The summed E-state index contributed by atoms with van der Waals surface area (Å²) in [6, 6.07) is -0.118. The Morgan fingerprint density at radius 3 is 2.89 bits per heavy atom. The predicted octanol–water partition coefficient (Wildman–Crippen LogP) is 1.49. The second kappa shape index (κ2) is 4.66. The summed E-state index contributed by atoms with van der Waals surface area (Å²) in [7, 11) is 0. The first-order valence-electron chi connectivity index (χ1n) is 6.30. The molecule has 2 amide bonds. The fourth-order valence-electron chi connectivity index (χ4n) is 2.23. The maximum atomic E-state index is 12.0. The molecule has 2 rings (SSSR count). The summed E-state index contributed by atoms with van der Waals surface area (Å²) in [5.74, 6) is 0. The van der Waals surface area contributed by atoms with Crippen molar-refractivity contribution in [1.29, 1.82) is 0 Å². The van der Waals surface area contributed by atoms with Crippen LogP contribution < -0.4 is 5.32 Å². The molecule has 0 saturated carbocycles. The zero-order valence-corrected chi connectivity index (χ0v) is 11.1. The number of hydrogen-bond donors (Lipinski definition) is 1. The third-order valence-corrected chi connectivity index (χ3v) is 3.00. The SMILES string of the molecule is CC(C)(C)OC(=O)N1CCC[C@H]2OC(=O)N[C@@H]2C1. The van der Waals surface area contributed by atoms with Crippen molar-refractivity contribution in [3.63, 3.8) is 0 Å². The van der Waals surface area contributed by atoms with Crippen molar-refractivity contribution in [3.05, 3.63) is 0 Å². The Labute approximate surface area is 107 Å². The molecule has 0 aliphatic carbocycles. The van der Waals surface area contributed by atoms with E-state index in [9.17, 15) is 9.59 Å². The minimum absolute atomic E-state index is 0.118. The highest BCUT2D eigenvalue weighted by Gasteiger charge is 2.38. The molecule has 2 saturated heterocycles. The summed E-state index contributed by atoms with van der Waals surface area (Å²) >= 11 is 0. The van der Waals surface area contributed by atoms with Crippen LogP contribution in [0.1, 0.15) is 33.6 Å². The van der Waals surface area contributed by atoms with Gasteiger partial charge < -0.3 is 19.7 Å². The van der Waals surface area contributed by atoms with Gasteiger partial charge in [0.05, 0.1) is 6.04 Å². The van der Waals surface area contributed by atoms with Gasteiger partial charge in [-0.15, -0.1) is 0 Å². The first kappa shape index (κ1) is 13.0. The van der Waals surface area contributed by atoms with E-state index < -0.39 is 11.7 Å². The van der Waals surface area contributed by atoms with E-state index in [-0.39, 0.29) is 18.2 Å². The van der Waals surface area contributed by atoms with Gasteiger partial charge in [0.1, 0.15) is 11.7 Å². The first-order valence-corrected chi connectivity index (χ1v) is 6.30. The average Bonchev–Trinajstić information content (AvgIpc) is 2.43.